The van der Waals surface area contributed by atoms with Gasteiger partial charge in [0.1, 0.15) is 28.5 Å². The van der Waals surface area contributed by atoms with E-state index < -0.39 is 44.8 Å². The maximum atomic E-state index is 14.3. The van der Waals surface area contributed by atoms with Crippen LogP contribution in [0.1, 0.15) is 52.0 Å². The highest BCUT2D eigenvalue weighted by Crippen LogP contribution is 2.41. The van der Waals surface area contributed by atoms with Gasteiger partial charge in [-0.3, -0.25) is 14.6 Å². The standard InChI is InChI=1S/C33H40F3N5O7S/c1-5-12-32(4)30(42)40(31(43)41(32)14-13-39-15-17-46-18-16-39)20-28-37-29(38-48-28)23-10-11-25(24(19-23)33(34,35)36)47-26-8-6-7-9-27(26)49(44,45)21-22(2)3/h6-11,19,22H,5,12-18,20-21H2,1-4H3. The Labute approximate surface area is 283 Å². The monoisotopic (exact) mass is 707 g/mol. The molecule has 1 unspecified atom stereocenters. The van der Waals surface area contributed by atoms with Crippen molar-refractivity contribution in [2.24, 2.45) is 5.92 Å². The lowest BCUT2D eigenvalue weighted by molar-refractivity contribution is -0.138. The molecule has 12 nitrogen and oxygen atoms in total. The number of benzene rings is 2. The van der Waals surface area contributed by atoms with Crippen LogP contribution in [0.25, 0.3) is 11.4 Å². The van der Waals surface area contributed by atoms with E-state index in [-0.39, 0.29) is 46.1 Å². The molecule has 2 fully saturated rings. The average Bonchev–Trinajstić information content (AvgIpc) is 3.57. The third kappa shape index (κ3) is 7.91. The summed E-state index contributed by atoms with van der Waals surface area (Å²) in [7, 11) is -3.85. The summed E-state index contributed by atoms with van der Waals surface area (Å²) in [5, 5.41) is 3.82. The zero-order chi connectivity index (χ0) is 35.6. The Morgan fingerprint density at radius 2 is 1.76 bits per heavy atom. The molecular weight excluding hydrogens is 667 g/mol. The third-order valence-corrected chi connectivity index (χ3v) is 10.6. The number of urea groups is 1. The van der Waals surface area contributed by atoms with Crippen LogP contribution in [0.4, 0.5) is 18.0 Å². The number of halogens is 3. The fourth-order valence-corrected chi connectivity index (χ4v) is 7.88. The maximum Gasteiger partial charge on any atom is 0.420 e. The van der Waals surface area contributed by atoms with Gasteiger partial charge >= 0.3 is 12.2 Å². The predicted molar refractivity (Wildman–Crippen MR) is 171 cm³/mol. The lowest BCUT2D eigenvalue weighted by atomic mass is 9.94. The van der Waals surface area contributed by atoms with Gasteiger partial charge in [-0.2, -0.15) is 18.2 Å². The average molecular weight is 708 g/mol. The number of morpholine rings is 1. The molecule has 3 amide bonds. The highest BCUT2D eigenvalue weighted by Gasteiger charge is 2.53. The number of hydrogen-bond donors (Lipinski definition) is 0. The minimum absolute atomic E-state index is 0.0718. The molecule has 3 aromatic rings. The smallest absolute Gasteiger partial charge is 0.420 e. The fourth-order valence-electron chi connectivity index (χ4n) is 6.12. The normalized spacial score (nSPS) is 19.3. The number of alkyl halides is 3. The first-order valence-corrected chi connectivity index (χ1v) is 17.8. The number of hydrogen-bond acceptors (Lipinski definition) is 10. The summed E-state index contributed by atoms with van der Waals surface area (Å²) < 4.78 is 85.1. The molecule has 2 aliphatic heterocycles. The Morgan fingerprint density at radius 1 is 1.04 bits per heavy atom. The van der Waals surface area contributed by atoms with E-state index in [1.165, 1.54) is 30.3 Å². The van der Waals surface area contributed by atoms with Crippen molar-refractivity contribution >= 4 is 21.8 Å². The van der Waals surface area contributed by atoms with Crippen molar-refractivity contribution in [3.05, 3.63) is 53.9 Å². The van der Waals surface area contributed by atoms with E-state index in [4.69, 9.17) is 14.0 Å². The Kier molecular flexibility index (Phi) is 10.7. The highest BCUT2D eigenvalue weighted by molar-refractivity contribution is 7.91. The van der Waals surface area contributed by atoms with Gasteiger partial charge in [-0.15, -0.1) is 0 Å². The first kappa shape index (κ1) is 36.3. The molecular formula is C33H40F3N5O7S. The van der Waals surface area contributed by atoms with E-state index in [0.29, 0.717) is 39.1 Å². The molecule has 0 saturated carbocycles. The molecule has 0 bridgehead atoms. The van der Waals surface area contributed by atoms with Crippen molar-refractivity contribution in [2.45, 2.75) is 63.7 Å². The molecule has 3 heterocycles. The van der Waals surface area contributed by atoms with Crippen molar-refractivity contribution in [1.29, 1.82) is 0 Å². The van der Waals surface area contributed by atoms with E-state index in [9.17, 15) is 31.2 Å². The summed E-state index contributed by atoms with van der Waals surface area (Å²) in [6.45, 7) is 10.3. The molecule has 0 N–H and O–H groups in total. The topological polar surface area (TPSA) is 135 Å². The molecule has 2 saturated heterocycles. The second kappa shape index (κ2) is 14.5. The summed E-state index contributed by atoms with van der Waals surface area (Å²) in [6.07, 6.45) is -3.80. The lowest BCUT2D eigenvalue weighted by Crippen LogP contribution is -2.50. The van der Waals surface area contributed by atoms with Crippen molar-refractivity contribution in [2.75, 3.05) is 45.1 Å². The van der Waals surface area contributed by atoms with Gasteiger partial charge in [0.05, 0.1) is 24.5 Å². The van der Waals surface area contributed by atoms with Crippen LogP contribution in [-0.4, -0.2) is 95.9 Å². The lowest BCUT2D eigenvalue weighted by Gasteiger charge is -2.34. The molecule has 0 radical (unpaired) electrons. The van der Waals surface area contributed by atoms with Gasteiger partial charge in [0.15, 0.2) is 9.84 Å². The third-order valence-electron chi connectivity index (χ3n) is 8.51. The Hall–Kier alpha value is -4.02. The van der Waals surface area contributed by atoms with Crippen molar-refractivity contribution < 1.29 is 45.2 Å². The number of carbonyl (C=O) groups is 2. The highest BCUT2D eigenvalue weighted by atomic mass is 32.2. The minimum Gasteiger partial charge on any atom is -0.455 e. The summed E-state index contributed by atoms with van der Waals surface area (Å²) in [5.41, 5.74) is -2.34. The maximum absolute atomic E-state index is 14.3. The van der Waals surface area contributed by atoms with E-state index >= 15 is 0 Å². The van der Waals surface area contributed by atoms with E-state index in [2.05, 4.69) is 15.0 Å². The molecule has 0 aliphatic carbocycles. The van der Waals surface area contributed by atoms with Crippen LogP contribution in [-0.2, 0) is 32.1 Å². The van der Waals surface area contributed by atoms with Crippen LogP contribution in [0.5, 0.6) is 11.5 Å². The Morgan fingerprint density at radius 3 is 2.43 bits per heavy atom. The zero-order valence-electron chi connectivity index (χ0n) is 27.8. The van der Waals surface area contributed by atoms with Crippen LogP contribution in [0, 0.1) is 5.92 Å². The number of para-hydroxylation sites is 1. The quantitative estimate of drug-likeness (QED) is 0.206. The van der Waals surface area contributed by atoms with Gasteiger partial charge in [0.25, 0.3) is 5.91 Å². The van der Waals surface area contributed by atoms with Crippen LogP contribution in [0.15, 0.2) is 51.9 Å². The van der Waals surface area contributed by atoms with Crippen molar-refractivity contribution in [3.8, 4) is 22.9 Å². The number of nitrogens with zero attached hydrogens (tertiary/aromatic N) is 5. The van der Waals surface area contributed by atoms with Crippen molar-refractivity contribution in [3.63, 3.8) is 0 Å². The number of imide groups is 1. The molecule has 0 spiro atoms. The molecule has 1 atom stereocenters. The number of carbonyl (C=O) groups excluding carboxylic acids is 2. The Balaban J connectivity index is 1.37. The van der Waals surface area contributed by atoms with Gasteiger partial charge in [0, 0.05) is 31.7 Å². The molecule has 5 rings (SSSR count). The number of amides is 3. The molecule has 2 aromatic carbocycles. The summed E-state index contributed by atoms with van der Waals surface area (Å²) >= 11 is 0. The SMILES string of the molecule is CCCC1(C)C(=O)N(Cc2nc(-c3ccc(Oc4ccccc4S(=O)(=O)CC(C)C)c(C(F)(F)F)c3)no2)C(=O)N1CCN1CCOCC1. The molecule has 266 valence electrons. The van der Waals surface area contributed by atoms with Crippen LogP contribution in [0.3, 0.4) is 0 Å². The first-order valence-electron chi connectivity index (χ1n) is 16.1. The predicted octanol–water partition coefficient (Wildman–Crippen LogP) is 5.63. The minimum atomic E-state index is -4.90. The van der Waals surface area contributed by atoms with Gasteiger partial charge in [-0.1, -0.05) is 44.5 Å². The van der Waals surface area contributed by atoms with Gasteiger partial charge < -0.3 is 18.9 Å². The number of aromatic nitrogens is 2. The van der Waals surface area contributed by atoms with Crippen LogP contribution in [0.2, 0.25) is 0 Å². The van der Waals surface area contributed by atoms with Crippen LogP contribution >= 0.6 is 0 Å². The van der Waals surface area contributed by atoms with Gasteiger partial charge in [-0.05, 0) is 49.6 Å². The summed E-state index contributed by atoms with van der Waals surface area (Å²) in [4.78, 5) is 35.9. The zero-order valence-corrected chi connectivity index (χ0v) is 28.6. The van der Waals surface area contributed by atoms with Gasteiger partial charge in [0.2, 0.25) is 11.7 Å². The largest absolute Gasteiger partial charge is 0.455 e. The number of rotatable bonds is 13. The molecule has 2 aliphatic rings. The van der Waals surface area contributed by atoms with E-state index in [0.717, 1.165) is 30.1 Å². The first-order chi connectivity index (χ1) is 23.1. The van der Waals surface area contributed by atoms with Crippen molar-refractivity contribution in [1.82, 2.24) is 24.8 Å². The number of ether oxygens (including phenoxy) is 2. The second-order valence-electron chi connectivity index (χ2n) is 12.7. The molecule has 1 aromatic heterocycles. The summed E-state index contributed by atoms with van der Waals surface area (Å²) in [6, 6.07) is 8.12. The molecule has 49 heavy (non-hydrogen) atoms. The number of sulfone groups is 1. The van der Waals surface area contributed by atoms with Crippen LogP contribution < -0.4 is 4.74 Å². The Bertz CT molecular complexity index is 1780. The second-order valence-corrected chi connectivity index (χ2v) is 14.8. The fraction of sp³-hybridized carbons (Fsp3) is 0.515. The van der Waals surface area contributed by atoms with E-state index in [1.807, 2.05) is 6.92 Å². The van der Waals surface area contributed by atoms with Gasteiger partial charge in [-0.25, -0.2) is 13.2 Å². The molecule has 16 heteroatoms. The van der Waals surface area contributed by atoms with E-state index in [1.54, 1.807) is 25.7 Å². The summed E-state index contributed by atoms with van der Waals surface area (Å²) in [5.74, 6) is -2.04.